The standard InChI is InChI=1S/C33H31N3O4S/c1-22-11-9-15-26(19-22)34-31(37)23(2)41-28-17-10-16-27(21-28)35-33(39)29(20-25-14-7-8-18-30(25)40-3)36-32(38)24-12-5-4-6-13-24/h4-21,23H,1-3H3,(H,34,37)(H,35,39)(H,36,38)/b29-20+. The number of ether oxygens (including phenoxy) is 1. The maximum atomic E-state index is 13.5. The molecule has 0 aliphatic rings. The number of aryl methyl sites for hydroxylation is 1. The van der Waals surface area contributed by atoms with Gasteiger partial charge >= 0.3 is 0 Å². The van der Waals surface area contributed by atoms with Crippen LogP contribution in [0.3, 0.4) is 0 Å². The molecule has 4 aromatic carbocycles. The first-order chi connectivity index (χ1) is 19.8. The van der Waals surface area contributed by atoms with Gasteiger partial charge in [0.2, 0.25) is 5.91 Å². The predicted octanol–water partition coefficient (Wildman–Crippen LogP) is 6.53. The lowest BCUT2D eigenvalue weighted by atomic mass is 10.1. The van der Waals surface area contributed by atoms with Crippen LogP contribution in [0.25, 0.3) is 6.08 Å². The van der Waals surface area contributed by atoms with E-state index in [2.05, 4.69) is 16.0 Å². The largest absolute Gasteiger partial charge is 0.496 e. The van der Waals surface area contributed by atoms with E-state index >= 15 is 0 Å². The molecule has 208 valence electrons. The molecule has 0 aliphatic heterocycles. The Bertz CT molecular complexity index is 1570. The molecular weight excluding hydrogens is 534 g/mol. The summed E-state index contributed by atoms with van der Waals surface area (Å²) >= 11 is 1.38. The lowest BCUT2D eigenvalue weighted by molar-refractivity contribution is -0.115. The van der Waals surface area contributed by atoms with Crippen molar-refractivity contribution in [1.29, 1.82) is 0 Å². The van der Waals surface area contributed by atoms with Crippen LogP contribution in [0.4, 0.5) is 11.4 Å². The van der Waals surface area contributed by atoms with Gasteiger partial charge in [0.15, 0.2) is 0 Å². The molecule has 0 fully saturated rings. The first-order valence-corrected chi connectivity index (χ1v) is 13.9. The zero-order valence-electron chi connectivity index (χ0n) is 23.0. The Morgan fingerprint density at radius 3 is 2.22 bits per heavy atom. The van der Waals surface area contributed by atoms with Crippen molar-refractivity contribution in [3.05, 3.63) is 126 Å². The van der Waals surface area contributed by atoms with Crippen molar-refractivity contribution in [2.75, 3.05) is 17.7 Å². The number of hydrogen-bond acceptors (Lipinski definition) is 5. The number of thioether (sulfide) groups is 1. The van der Waals surface area contributed by atoms with Crippen LogP contribution in [0, 0.1) is 6.92 Å². The second-order valence-electron chi connectivity index (χ2n) is 9.22. The molecule has 1 unspecified atom stereocenters. The second-order valence-corrected chi connectivity index (χ2v) is 10.6. The van der Waals surface area contributed by atoms with Crippen LogP contribution in [0.15, 0.2) is 114 Å². The van der Waals surface area contributed by atoms with Crippen LogP contribution in [0.5, 0.6) is 5.75 Å². The minimum atomic E-state index is -0.507. The number of hydrogen-bond donors (Lipinski definition) is 3. The fourth-order valence-electron chi connectivity index (χ4n) is 3.95. The van der Waals surface area contributed by atoms with Crippen molar-refractivity contribution in [1.82, 2.24) is 5.32 Å². The normalized spacial score (nSPS) is 11.7. The van der Waals surface area contributed by atoms with Gasteiger partial charge in [-0.1, -0.05) is 54.6 Å². The number of nitrogens with one attached hydrogen (secondary N) is 3. The van der Waals surface area contributed by atoms with Gasteiger partial charge in [-0.2, -0.15) is 0 Å². The third-order valence-corrected chi connectivity index (χ3v) is 7.12. The number of methoxy groups -OCH3 is 1. The lowest BCUT2D eigenvalue weighted by Gasteiger charge is -2.14. The molecule has 4 aromatic rings. The zero-order chi connectivity index (χ0) is 29.2. The van der Waals surface area contributed by atoms with E-state index in [1.807, 2.05) is 62.4 Å². The van der Waals surface area contributed by atoms with Crippen LogP contribution in [-0.2, 0) is 9.59 Å². The molecular formula is C33H31N3O4S. The molecule has 8 heteroatoms. The Morgan fingerprint density at radius 1 is 0.805 bits per heavy atom. The van der Waals surface area contributed by atoms with E-state index in [1.165, 1.54) is 11.8 Å². The van der Waals surface area contributed by atoms with Crippen LogP contribution in [0.1, 0.15) is 28.4 Å². The van der Waals surface area contributed by atoms with Gasteiger partial charge in [-0.3, -0.25) is 14.4 Å². The van der Waals surface area contributed by atoms with Gasteiger partial charge in [0, 0.05) is 27.4 Å². The molecule has 0 saturated carbocycles. The third kappa shape index (κ3) is 8.33. The molecule has 0 aromatic heterocycles. The number of para-hydroxylation sites is 1. The van der Waals surface area contributed by atoms with Gasteiger partial charge < -0.3 is 20.7 Å². The van der Waals surface area contributed by atoms with Crippen LogP contribution in [-0.4, -0.2) is 30.1 Å². The van der Waals surface area contributed by atoms with Crippen LogP contribution in [0.2, 0.25) is 0 Å². The van der Waals surface area contributed by atoms with Gasteiger partial charge in [0.1, 0.15) is 11.4 Å². The lowest BCUT2D eigenvalue weighted by Crippen LogP contribution is -2.30. The number of carbonyl (C=O) groups excluding carboxylic acids is 3. The van der Waals surface area contributed by atoms with Crippen molar-refractivity contribution < 1.29 is 19.1 Å². The minimum absolute atomic E-state index is 0.0484. The van der Waals surface area contributed by atoms with Crippen molar-refractivity contribution in [3.8, 4) is 5.75 Å². The summed E-state index contributed by atoms with van der Waals surface area (Å²) in [6.45, 7) is 3.80. The Labute approximate surface area is 244 Å². The molecule has 3 N–H and O–H groups in total. The number of carbonyl (C=O) groups is 3. The Morgan fingerprint density at radius 2 is 1.49 bits per heavy atom. The smallest absolute Gasteiger partial charge is 0.272 e. The fraction of sp³-hybridized carbons (Fsp3) is 0.121. The molecule has 41 heavy (non-hydrogen) atoms. The van der Waals surface area contributed by atoms with Crippen molar-refractivity contribution in [2.45, 2.75) is 24.0 Å². The number of amides is 3. The number of rotatable bonds is 10. The summed E-state index contributed by atoms with van der Waals surface area (Å²) in [5.41, 5.74) is 3.42. The first kappa shape index (κ1) is 29.2. The molecule has 0 saturated heterocycles. The molecule has 3 amide bonds. The minimum Gasteiger partial charge on any atom is -0.496 e. The maximum Gasteiger partial charge on any atom is 0.272 e. The summed E-state index contributed by atoms with van der Waals surface area (Å²) in [5, 5.41) is 8.17. The maximum absolute atomic E-state index is 13.5. The van der Waals surface area contributed by atoms with E-state index < -0.39 is 11.8 Å². The van der Waals surface area contributed by atoms with E-state index in [-0.39, 0.29) is 16.9 Å². The van der Waals surface area contributed by atoms with Gasteiger partial charge in [0.25, 0.3) is 11.8 Å². The highest BCUT2D eigenvalue weighted by Gasteiger charge is 2.18. The van der Waals surface area contributed by atoms with E-state index in [4.69, 9.17) is 4.74 Å². The van der Waals surface area contributed by atoms with Gasteiger partial charge in [0.05, 0.1) is 12.4 Å². The zero-order valence-corrected chi connectivity index (χ0v) is 23.8. The molecule has 0 spiro atoms. The molecule has 1 atom stereocenters. The van der Waals surface area contributed by atoms with E-state index in [1.54, 1.807) is 67.8 Å². The van der Waals surface area contributed by atoms with Crippen molar-refractivity contribution in [2.24, 2.45) is 0 Å². The monoisotopic (exact) mass is 565 g/mol. The number of anilines is 2. The Hall–Kier alpha value is -4.82. The van der Waals surface area contributed by atoms with Gasteiger partial charge in [-0.15, -0.1) is 11.8 Å². The predicted molar refractivity (Wildman–Crippen MR) is 165 cm³/mol. The van der Waals surface area contributed by atoms with Crippen LogP contribution < -0.4 is 20.7 Å². The quantitative estimate of drug-likeness (QED) is 0.150. The highest BCUT2D eigenvalue weighted by Crippen LogP contribution is 2.27. The summed E-state index contributed by atoms with van der Waals surface area (Å²) in [6.07, 6.45) is 1.57. The average molecular weight is 566 g/mol. The molecule has 7 nitrogen and oxygen atoms in total. The SMILES string of the molecule is COc1ccccc1/C=C(/NC(=O)c1ccccc1)C(=O)Nc1cccc(SC(C)C(=O)Nc2cccc(C)c2)c1. The topological polar surface area (TPSA) is 96.5 Å². The summed E-state index contributed by atoms with van der Waals surface area (Å²) in [6, 6.07) is 30.7. The van der Waals surface area contributed by atoms with Crippen molar-refractivity contribution >= 4 is 46.9 Å². The van der Waals surface area contributed by atoms with Crippen LogP contribution >= 0.6 is 11.8 Å². The number of benzene rings is 4. The second kappa shape index (κ2) is 14.0. The highest BCUT2D eigenvalue weighted by molar-refractivity contribution is 8.00. The van der Waals surface area contributed by atoms with E-state index in [0.29, 0.717) is 22.6 Å². The molecule has 0 heterocycles. The molecule has 0 radical (unpaired) electrons. The summed E-state index contributed by atoms with van der Waals surface area (Å²) in [7, 11) is 1.54. The summed E-state index contributed by atoms with van der Waals surface area (Å²) in [4.78, 5) is 40.0. The summed E-state index contributed by atoms with van der Waals surface area (Å²) in [5.74, 6) is -0.490. The first-order valence-electron chi connectivity index (χ1n) is 13.0. The highest BCUT2D eigenvalue weighted by atomic mass is 32.2. The average Bonchev–Trinajstić information content (AvgIpc) is 2.97. The Balaban J connectivity index is 1.50. The molecule has 0 bridgehead atoms. The summed E-state index contributed by atoms with van der Waals surface area (Å²) < 4.78 is 5.42. The molecule has 0 aliphatic carbocycles. The molecule has 4 rings (SSSR count). The van der Waals surface area contributed by atoms with Crippen molar-refractivity contribution in [3.63, 3.8) is 0 Å². The Kier molecular flexibility index (Phi) is 9.96. The van der Waals surface area contributed by atoms with Gasteiger partial charge in [-0.05, 0) is 74.0 Å². The van der Waals surface area contributed by atoms with E-state index in [0.717, 1.165) is 16.1 Å². The fourth-order valence-corrected chi connectivity index (χ4v) is 4.88. The van der Waals surface area contributed by atoms with E-state index in [9.17, 15) is 14.4 Å². The van der Waals surface area contributed by atoms with Gasteiger partial charge in [-0.25, -0.2) is 0 Å². The third-order valence-electron chi connectivity index (χ3n) is 6.03.